The first-order chi connectivity index (χ1) is 8.07. The SMILES string of the molecule is CCOC1CCN(CCCC(C)(N)CO)CC1. The number of rotatable bonds is 7. The Labute approximate surface area is 105 Å². The van der Waals surface area contributed by atoms with Gasteiger partial charge in [-0.05, 0) is 46.1 Å². The molecule has 1 atom stereocenters. The van der Waals surface area contributed by atoms with Gasteiger partial charge in [0.2, 0.25) is 0 Å². The van der Waals surface area contributed by atoms with Crippen LogP contribution in [0.3, 0.4) is 0 Å². The summed E-state index contributed by atoms with van der Waals surface area (Å²) in [6.45, 7) is 8.21. The number of aliphatic hydroxyl groups is 1. The molecular weight excluding hydrogens is 216 g/mol. The smallest absolute Gasteiger partial charge is 0.0608 e. The molecule has 1 aliphatic heterocycles. The van der Waals surface area contributed by atoms with Crippen LogP contribution in [0.1, 0.15) is 39.5 Å². The Morgan fingerprint density at radius 1 is 1.41 bits per heavy atom. The third-order valence-electron chi connectivity index (χ3n) is 3.52. The molecule has 0 aromatic rings. The molecule has 0 amide bonds. The van der Waals surface area contributed by atoms with Crippen LogP contribution in [0.2, 0.25) is 0 Å². The summed E-state index contributed by atoms with van der Waals surface area (Å²) in [4.78, 5) is 2.48. The second-order valence-corrected chi connectivity index (χ2v) is 5.41. The van der Waals surface area contributed by atoms with Crippen LogP contribution in [0.4, 0.5) is 0 Å². The highest BCUT2D eigenvalue weighted by Gasteiger charge is 2.20. The minimum atomic E-state index is -0.413. The number of nitrogens with two attached hydrogens (primary N) is 1. The summed E-state index contributed by atoms with van der Waals surface area (Å²) in [5, 5.41) is 9.07. The van der Waals surface area contributed by atoms with Crippen LogP contribution in [0, 0.1) is 0 Å². The molecule has 0 bridgehead atoms. The molecule has 1 aliphatic rings. The van der Waals surface area contributed by atoms with Crippen molar-refractivity contribution in [2.45, 2.75) is 51.2 Å². The van der Waals surface area contributed by atoms with Gasteiger partial charge in [-0.1, -0.05) is 0 Å². The highest BCUT2D eigenvalue weighted by molar-refractivity contribution is 4.78. The molecule has 1 heterocycles. The maximum absolute atomic E-state index is 9.07. The molecule has 3 N–H and O–H groups in total. The number of ether oxygens (including phenoxy) is 1. The van der Waals surface area contributed by atoms with E-state index < -0.39 is 5.54 Å². The molecule has 17 heavy (non-hydrogen) atoms. The summed E-state index contributed by atoms with van der Waals surface area (Å²) >= 11 is 0. The van der Waals surface area contributed by atoms with E-state index in [1.54, 1.807) is 0 Å². The fourth-order valence-corrected chi connectivity index (χ4v) is 2.32. The van der Waals surface area contributed by atoms with E-state index in [-0.39, 0.29) is 6.61 Å². The standard InChI is InChI=1S/C13H28N2O2/c1-3-17-12-5-9-15(10-6-12)8-4-7-13(2,14)11-16/h12,16H,3-11,14H2,1-2H3. The Morgan fingerprint density at radius 2 is 2.06 bits per heavy atom. The fraction of sp³-hybridized carbons (Fsp3) is 1.00. The number of aliphatic hydroxyl groups excluding tert-OH is 1. The summed E-state index contributed by atoms with van der Waals surface area (Å²) in [5.74, 6) is 0. The van der Waals surface area contributed by atoms with Crippen LogP contribution in [0.5, 0.6) is 0 Å². The van der Waals surface area contributed by atoms with Crippen molar-refractivity contribution in [3.8, 4) is 0 Å². The molecule has 0 aromatic heterocycles. The van der Waals surface area contributed by atoms with Gasteiger partial charge in [0.25, 0.3) is 0 Å². The van der Waals surface area contributed by atoms with Crippen molar-refractivity contribution in [3.63, 3.8) is 0 Å². The van der Waals surface area contributed by atoms with E-state index in [9.17, 15) is 0 Å². The molecule has 0 saturated carbocycles. The summed E-state index contributed by atoms with van der Waals surface area (Å²) in [5.41, 5.74) is 5.49. The van der Waals surface area contributed by atoms with Crippen molar-refractivity contribution in [1.82, 2.24) is 4.90 Å². The van der Waals surface area contributed by atoms with Gasteiger partial charge < -0.3 is 20.5 Å². The molecule has 0 spiro atoms. The van der Waals surface area contributed by atoms with E-state index >= 15 is 0 Å². The van der Waals surface area contributed by atoms with Crippen molar-refractivity contribution in [2.75, 3.05) is 32.8 Å². The minimum Gasteiger partial charge on any atom is -0.394 e. The van der Waals surface area contributed by atoms with Crippen LogP contribution in [-0.4, -0.2) is 54.5 Å². The fourth-order valence-electron chi connectivity index (χ4n) is 2.32. The van der Waals surface area contributed by atoms with Gasteiger partial charge in [0.05, 0.1) is 12.7 Å². The molecule has 0 aliphatic carbocycles. The molecule has 0 aromatic carbocycles. The van der Waals surface area contributed by atoms with Crippen molar-refractivity contribution >= 4 is 0 Å². The lowest BCUT2D eigenvalue weighted by Gasteiger charge is -2.32. The Kier molecular flexibility index (Phi) is 6.41. The normalized spacial score (nSPS) is 22.6. The molecule has 1 unspecified atom stereocenters. The third kappa shape index (κ3) is 5.82. The van der Waals surface area contributed by atoms with Gasteiger partial charge >= 0.3 is 0 Å². The first kappa shape index (κ1) is 14.9. The van der Waals surface area contributed by atoms with Crippen LogP contribution in [-0.2, 0) is 4.74 Å². The van der Waals surface area contributed by atoms with E-state index in [1.807, 2.05) is 6.92 Å². The predicted octanol–water partition coefficient (Wildman–Crippen LogP) is 0.977. The highest BCUT2D eigenvalue weighted by atomic mass is 16.5. The highest BCUT2D eigenvalue weighted by Crippen LogP contribution is 2.15. The van der Waals surface area contributed by atoms with E-state index in [1.165, 1.54) is 0 Å². The maximum atomic E-state index is 9.07. The lowest BCUT2D eigenvalue weighted by molar-refractivity contribution is 0.0136. The monoisotopic (exact) mass is 244 g/mol. The number of piperidine rings is 1. The number of hydrogen-bond acceptors (Lipinski definition) is 4. The zero-order chi connectivity index (χ0) is 12.7. The zero-order valence-corrected chi connectivity index (χ0v) is 11.3. The molecule has 1 fully saturated rings. The van der Waals surface area contributed by atoms with Gasteiger partial charge in [0.15, 0.2) is 0 Å². The molecule has 0 radical (unpaired) electrons. The summed E-state index contributed by atoms with van der Waals surface area (Å²) in [6.07, 6.45) is 4.71. The van der Waals surface area contributed by atoms with E-state index in [4.69, 9.17) is 15.6 Å². The minimum absolute atomic E-state index is 0.0689. The Bertz CT molecular complexity index is 202. The quantitative estimate of drug-likeness (QED) is 0.701. The molecule has 1 saturated heterocycles. The van der Waals surface area contributed by atoms with Gasteiger partial charge in [0, 0.05) is 25.2 Å². The lowest BCUT2D eigenvalue weighted by atomic mass is 9.98. The largest absolute Gasteiger partial charge is 0.394 e. The van der Waals surface area contributed by atoms with Crippen molar-refractivity contribution in [1.29, 1.82) is 0 Å². The van der Waals surface area contributed by atoms with Gasteiger partial charge in [-0.3, -0.25) is 0 Å². The summed E-state index contributed by atoms with van der Waals surface area (Å²) in [6, 6.07) is 0. The average Bonchev–Trinajstić information content (AvgIpc) is 2.32. The summed E-state index contributed by atoms with van der Waals surface area (Å²) in [7, 11) is 0. The van der Waals surface area contributed by atoms with E-state index in [2.05, 4.69) is 11.8 Å². The number of hydrogen-bond donors (Lipinski definition) is 2. The van der Waals surface area contributed by atoms with Crippen molar-refractivity contribution < 1.29 is 9.84 Å². The average molecular weight is 244 g/mol. The van der Waals surface area contributed by atoms with Gasteiger partial charge in [-0.15, -0.1) is 0 Å². The van der Waals surface area contributed by atoms with Crippen LogP contribution < -0.4 is 5.73 Å². The number of nitrogens with zero attached hydrogens (tertiary/aromatic N) is 1. The first-order valence-electron chi connectivity index (χ1n) is 6.81. The lowest BCUT2D eigenvalue weighted by Crippen LogP contribution is -2.42. The second-order valence-electron chi connectivity index (χ2n) is 5.41. The van der Waals surface area contributed by atoms with Crippen molar-refractivity contribution in [3.05, 3.63) is 0 Å². The maximum Gasteiger partial charge on any atom is 0.0608 e. The van der Waals surface area contributed by atoms with E-state index in [0.717, 1.165) is 51.9 Å². The molecule has 4 nitrogen and oxygen atoms in total. The Balaban J connectivity index is 2.10. The molecular formula is C13H28N2O2. The topological polar surface area (TPSA) is 58.7 Å². The zero-order valence-electron chi connectivity index (χ0n) is 11.3. The van der Waals surface area contributed by atoms with Gasteiger partial charge in [-0.2, -0.15) is 0 Å². The van der Waals surface area contributed by atoms with Crippen molar-refractivity contribution in [2.24, 2.45) is 5.73 Å². The number of likely N-dealkylation sites (tertiary alicyclic amines) is 1. The van der Waals surface area contributed by atoms with Crippen LogP contribution >= 0.6 is 0 Å². The molecule has 4 heteroatoms. The molecule has 1 rings (SSSR count). The second kappa shape index (κ2) is 7.31. The van der Waals surface area contributed by atoms with Gasteiger partial charge in [-0.25, -0.2) is 0 Å². The molecule has 102 valence electrons. The Morgan fingerprint density at radius 3 is 2.59 bits per heavy atom. The van der Waals surface area contributed by atoms with Crippen LogP contribution in [0.25, 0.3) is 0 Å². The van der Waals surface area contributed by atoms with Crippen LogP contribution in [0.15, 0.2) is 0 Å². The van der Waals surface area contributed by atoms with E-state index in [0.29, 0.717) is 6.10 Å². The third-order valence-corrected chi connectivity index (χ3v) is 3.52. The Hall–Kier alpha value is -0.160. The summed E-state index contributed by atoms with van der Waals surface area (Å²) < 4.78 is 5.63. The predicted molar refractivity (Wildman–Crippen MR) is 70.0 cm³/mol. The first-order valence-corrected chi connectivity index (χ1v) is 6.81. The van der Waals surface area contributed by atoms with Gasteiger partial charge in [0.1, 0.15) is 0 Å².